The van der Waals surface area contributed by atoms with E-state index in [1.54, 1.807) is 24.3 Å². The lowest BCUT2D eigenvalue weighted by Gasteiger charge is -2.35. The van der Waals surface area contributed by atoms with Crippen molar-refractivity contribution in [3.05, 3.63) is 172 Å². The van der Waals surface area contributed by atoms with Gasteiger partial charge >= 0.3 is 23.9 Å². The van der Waals surface area contributed by atoms with E-state index in [4.69, 9.17) is 9.84 Å². The van der Waals surface area contributed by atoms with Crippen LogP contribution in [0.25, 0.3) is 0 Å². The molecule has 0 unspecified atom stereocenters. The molecule has 2 aliphatic heterocycles. The van der Waals surface area contributed by atoms with Crippen LogP contribution in [0.15, 0.2) is 144 Å². The van der Waals surface area contributed by atoms with Gasteiger partial charge in [0.25, 0.3) is 20.2 Å². The molecule has 0 aromatic heterocycles. The van der Waals surface area contributed by atoms with Crippen LogP contribution in [0.4, 0.5) is 16.2 Å². The molecule has 0 fully saturated rings. The number of amides is 3. The van der Waals surface area contributed by atoms with Crippen LogP contribution in [0.5, 0.6) is 5.75 Å². The summed E-state index contributed by atoms with van der Waals surface area (Å²) in [5, 5.41) is 36.7. The van der Waals surface area contributed by atoms with Gasteiger partial charge in [0.05, 0.1) is 64.6 Å². The number of nitrogens with one attached hydrogen (secondary N) is 3. The first-order valence-electron chi connectivity index (χ1n) is 36.7. The van der Waals surface area contributed by atoms with Crippen LogP contribution in [0, 0.1) is 12.8 Å². The summed E-state index contributed by atoms with van der Waals surface area (Å²) in [6.45, 7) is 14.3. The number of carboxylic acid groups (broad SMARTS) is 3. The smallest absolute Gasteiger partial charge is 0.326 e. The first kappa shape index (κ1) is 84.6. The Morgan fingerprint density at radius 1 is 0.632 bits per heavy atom. The summed E-state index contributed by atoms with van der Waals surface area (Å²) in [6.07, 6.45) is 12.9. The van der Waals surface area contributed by atoms with Crippen LogP contribution in [0.1, 0.15) is 152 Å². The lowest BCUT2D eigenvalue weighted by atomic mass is 9.81. The van der Waals surface area contributed by atoms with E-state index in [2.05, 4.69) is 108 Å². The van der Waals surface area contributed by atoms with Crippen LogP contribution < -0.4 is 25.6 Å². The third-order valence-corrected chi connectivity index (χ3v) is 21.9. The highest BCUT2D eigenvalue weighted by molar-refractivity contribution is 7.86. The number of nitrogens with zero attached hydrogens (tertiary/aromatic N) is 4. The van der Waals surface area contributed by atoms with Gasteiger partial charge in [0.15, 0.2) is 5.71 Å². The summed E-state index contributed by atoms with van der Waals surface area (Å²) in [6, 6.07) is 27.4. The number of carbonyl (C=O) groups is 7. The predicted octanol–water partition coefficient (Wildman–Crippen LogP) is 10.6. The monoisotopic (exact) mass is 1500 g/mol. The fourth-order valence-corrected chi connectivity index (χ4v) is 15.2. The Labute approximate surface area is 625 Å². The molecule has 0 bridgehead atoms. The van der Waals surface area contributed by atoms with E-state index in [9.17, 15) is 69.7 Å². The summed E-state index contributed by atoms with van der Waals surface area (Å²) < 4.78 is 76.4. The van der Waals surface area contributed by atoms with E-state index in [0.29, 0.717) is 97.4 Å². The first-order chi connectivity index (χ1) is 49.8. The number of para-hydroxylation sites is 1. The molecule has 3 aliphatic rings. The molecular formula is C80H110N7O17S2+3. The quantitative estimate of drug-likeness (QED) is 0.00883. The Bertz CT molecular complexity index is 4220. The maximum atomic E-state index is 14.4. The Balaban J connectivity index is 1.05. The number of allylic oxidation sites excluding steroid dienone is 7. The number of unbranched alkanes of at least 4 members (excludes halogenated alkanes) is 2. The molecule has 24 nitrogen and oxygen atoms in total. The minimum Gasteiger partial charge on any atom is -0.481 e. The molecule has 8 N–H and O–H groups in total. The van der Waals surface area contributed by atoms with Gasteiger partial charge in [-0.05, 0) is 137 Å². The van der Waals surface area contributed by atoms with Crippen LogP contribution in [-0.4, -0.2) is 200 Å². The minimum atomic E-state index is -4.15. The maximum absolute atomic E-state index is 14.4. The van der Waals surface area contributed by atoms with Gasteiger partial charge in [-0.2, -0.15) is 21.4 Å². The minimum absolute atomic E-state index is 0.0498. The van der Waals surface area contributed by atoms with Crippen molar-refractivity contribution in [2.45, 2.75) is 167 Å². The molecule has 3 amide bonds. The number of fused-ring (bicyclic) bond motifs is 2. The largest absolute Gasteiger partial charge is 0.481 e. The van der Waals surface area contributed by atoms with Crippen LogP contribution in [-0.2, 0) is 72.7 Å². The summed E-state index contributed by atoms with van der Waals surface area (Å²) in [4.78, 5) is 91.4. The average Bonchev–Trinajstić information content (AvgIpc) is 1.60. The fraction of sp³-hybridized carbons (Fsp3) is 0.500. The van der Waals surface area contributed by atoms with Crippen molar-refractivity contribution >= 4 is 78.7 Å². The number of carboxylic acids is 3. The van der Waals surface area contributed by atoms with Gasteiger partial charge in [0.2, 0.25) is 11.6 Å². The zero-order valence-corrected chi connectivity index (χ0v) is 64.5. The second-order valence-electron chi connectivity index (χ2n) is 30.7. The van der Waals surface area contributed by atoms with Gasteiger partial charge in [-0.1, -0.05) is 98.3 Å². The molecule has 0 saturated carbocycles. The lowest BCUT2D eigenvalue weighted by molar-refractivity contribution is -0.945. The molecule has 0 spiro atoms. The summed E-state index contributed by atoms with van der Waals surface area (Å²) in [5.74, 6) is -4.88. The normalized spacial score (nSPS) is 16.7. The molecule has 2 heterocycles. The Morgan fingerprint density at radius 2 is 1.27 bits per heavy atom. The van der Waals surface area contributed by atoms with Crippen LogP contribution in [0.2, 0.25) is 0 Å². The average molecular weight is 1510 g/mol. The predicted molar refractivity (Wildman–Crippen MR) is 409 cm³/mol. The zero-order valence-electron chi connectivity index (χ0n) is 62.9. The van der Waals surface area contributed by atoms with E-state index in [1.807, 2.05) is 77.6 Å². The van der Waals surface area contributed by atoms with Crippen molar-refractivity contribution in [2.24, 2.45) is 5.92 Å². The fourth-order valence-electron chi connectivity index (χ4n) is 14.0. The summed E-state index contributed by atoms with van der Waals surface area (Å²) >= 11 is 0. The SMILES string of the molecule is Cc1ccc2c(c1)C(C)(C)/C(=C\C=C1/CCCC(/C=C/C3=[N+](CCCCS(=O)(=O)O)c4ccccc4C3(C)C)=C1Oc1ccc(C[C@H](NC(=O)[C@@H](CC(=O)CC[N+](C)(C)CC[N+](C)(C)CCCC(=O)CC[C@H](NC(=O)NCCCC(=O)O)C(=O)O)Cc3ccccc3)C(=O)O)cc1)N2CCCCS(=O)(=O)O. The molecular weight excluding hydrogens is 1400 g/mol. The van der Waals surface area contributed by atoms with Crippen molar-refractivity contribution in [2.75, 3.05) is 90.4 Å². The number of ketones is 2. The molecule has 106 heavy (non-hydrogen) atoms. The number of ether oxygens (including phenoxy) is 1. The van der Waals surface area contributed by atoms with Gasteiger partial charge in [-0.25, -0.2) is 14.4 Å². The van der Waals surface area contributed by atoms with Crippen molar-refractivity contribution in [1.82, 2.24) is 16.0 Å². The Morgan fingerprint density at radius 3 is 1.93 bits per heavy atom. The highest BCUT2D eigenvalue weighted by atomic mass is 32.2. The molecule has 4 aromatic rings. The highest BCUT2D eigenvalue weighted by Gasteiger charge is 2.45. The van der Waals surface area contributed by atoms with Crippen molar-refractivity contribution in [3.8, 4) is 5.75 Å². The second-order valence-corrected chi connectivity index (χ2v) is 33.9. The highest BCUT2D eigenvalue weighted by Crippen LogP contribution is 2.49. The number of benzene rings is 4. The van der Waals surface area contributed by atoms with Crippen molar-refractivity contribution in [1.29, 1.82) is 0 Å². The van der Waals surface area contributed by atoms with Gasteiger partial charge in [-0.3, -0.25) is 28.3 Å². The molecule has 0 saturated heterocycles. The number of rotatable bonds is 43. The molecule has 4 aromatic carbocycles. The number of anilines is 1. The lowest BCUT2D eigenvalue weighted by Crippen LogP contribution is -2.51. The number of aryl methyl sites for hydroxylation is 1. The molecule has 7 rings (SSSR count). The van der Waals surface area contributed by atoms with E-state index in [-0.39, 0.29) is 100 Å². The van der Waals surface area contributed by atoms with E-state index in [0.717, 1.165) is 62.6 Å². The number of aliphatic carboxylic acids is 3. The van der Waals surface area contributed by atoms with Gasteiger partial charge in [0, 0.05) is 98.5 Å². The van der Waals surface area contributed by atoms with Crippen molar-refractivity contribution in [3.63, 3.8) is 0 Å². The molecule has 3 atom stereocenters. The first-order valence-corrected chi connectivity index (χ1v) is 39.9. The number of Topliss-reactive ketones (excluding diaryl/α,β-unsaturated/α-hetero) is 2. The van der Waals surface area contributed by atoms with Crippen molar-refractivity contribution < 1.29 is 93.1 Å². The molecule has 576 valence electrons. The maximum Gasteiger partial charge on any atom is 0.326 e. The summed E-state index contributed by atoms with van der Waals surface area (Å²) in [7, 11) is -0.156. The van der Waals surface area contributed by atoms with E-state index < -0.39 is 78.9 Å². The molecule has 1 aliphatic carbocycles. The summed E-state index contributed by atoms with van der Waals surface area (Å²) in [5.41, 5.74) is 9.67. The Kier molecular flexibility index (Phi) is 30.1. The van der Waals surface area contributed by atoms with E-state index in [1.165, 1.54) is 0 Å². The van der Waals surface area contributed by atoms with Gasteiger partial charge in [-0.15, -0.1) is 0 Å². The number of urea groups is 1. The second kappa shape index (κ2) is 37.7. The molecule has 26 heteroatoms. The van der Waals surface area contributed by atoms with Crippen LogP contribution >= 0.6 is 0 Å². The van der Waals surface area contributed by atoms with Gasteiger partial charge in [0.1, 0.15) is 54.8 Å². The van der Waals surface area contributed by atoms with Crippen LogP contribution in [0.3, 0.4) is 0 Å². The number of quaternary nitrogens is 2. The number of carbonyl (C=O) groups excluding carboxylic acids is 4. The number of hydrogen-bond donors (Lipinski definition) is 8. The van der Waals surface area contributed by atoms with Gasteiger partial charge < -0.3 is 49.9 Å². The third-order valence-electron chi connectivity index (χ3n) is 20.3. The Hall–Kier alpha value is -8.66. The number of hydrogen-bond acceptors (Lipinski definition) is 13. The molecule has 0 radical (unpaired) electrons. The third kappa shape index (κ3) is 25.8. The standard InChI is InChI=1S/C80H107N7O17S2/c1-56-30-39-70-66(52-56)80(4,5)72(85(70)45-16-18-51-106(101,102)103)41-34-60-25-19-24-59(33-40-71-79(2,3)65-27-13-14-28-69(65)84(71)44-15-17-50-105(98,99)100)74(60)104-64-36-31-58(32-37-64)54-68(77(95)96)82-75(92)61(53-57-22-11-10-12-23-57)55-63(89)42-47-87(8,9)49-48-86(6,7)46-21-26-62(88)35-38-67(76(93)94)83-78(97)81-43-20-29-73(90)91/h10-14,22-23,27-28,30-34,36-37,39-41,52,61,67-68H,15-21,24-26,29,35,38,42-51,53-55H2,1-9H3,(H5-3,81,82,83,90,91,92,93,94,95,96,97,98,99,100,101,102,103)/p+3/t61-,67+,68+/m1/s1. The van der Waals surface area contributed by atoms with E-state index >= 15 is 0 Å². The topological polar surface area (TPSA) is 340 Å². The zero-order chi connectivity index (χ0) is 77.8. The number of likely N-dealkylation sites (N-methyl/N-ethyl adjacent to an activating group) is 2.